The van der Waals surface area contributed by atoms with Gasteiger partial charge in [0, 0.05) is 49.8 Å². The zero-order valence-corrected chi connectivity index (χ0v) is 20.3. The third kappa shape index (κ3) is 5.92. The first-order valence-electron chi connectivity index (χ1n) is 10.8. The second-order valence-corrected chi connectivity index (χ2v) is 8.60. The first-order valence-corrected chi connectivity index (χ1v) is 11.6. The lowest BCUT2D eigenvalue weighted by atomic mass is 10.0. The maximum absolute atomic E-state index is 12.9. The van der Waals surface area contributed by atoms with E-state index in [-0.39, 0.29) is 12.5 Å². The Hall–Kier alpha value is -4.02. The second-order valence-electron chi connectivity index (χ2n) is 7.74. The predicted octanol–water partition coefficient (Wildman–Crippen LogP) is 3.60. The van der Waals surface area contributed by atoms with Gasteiger partial charge in [-0.2, -0.15) is 0 Å². The van der Waals surface area contributed by atoms with Gasteiger partial charge in [-0.05, 0) is 29.3 Å². The van der Waals surface area contributed by atoms with Crippen LogP contribution in [0.4, 0.5) is 5.13 Å². The number of aryl methyl sites for hydroxylation is 1. The SMILES string of the molecule is COC[C@H](NC(=O)c1ccn(C)c1)C(=O)Nc1nc(-c2cccc(-c3ccnc(OC)c3)c2)cs1. The Balaban J connectivity index is 1.47. The molecule has 10 heteroatoms. The minimum atomic E-state index is -0.870. The molecule has 35 heavy (non-hydrogen) atoms. The number of aromatic nitrogens is 3. The van der Waals surface area contributed by atoms with Crippen LogP contribution in [-0.2, 0) is 16.6 Å². The fraction of sp³-hybridized carbons (Fsp3) is 0.200. The molecule has 0 bridgehead atoms. The summed E-state index contributed by atoms with van der Waals surface area (Å²) in [6.45, 7) is 0.0279. The van der Waals surface area contributed by atoms with Gasteiger partial charge in [0.2, 0.25) is 5.88 Å². The number of amides is 2. The van der Waals surface area contributed by atoms with Crippen molar-refractivity contribution in [1.82, 2.24) is 19.9 Å². The van der Waals surface area contributed by atoms with E-state index in [9.17, 15) is 9.59 Å². The first-order chi connectivity index (χ1) is 17.0. The zero-order chi connectivity index (χ0) is 24.8. The topological polar surface area (TPSA) is 107 Å². The van der Waals surface area contributed by atoms with Gasteiger partial charge in [0.15, 0.2) is 5.13 Å². The van der Waals surface area contributed by atoms with E-state index in [1.54, 1.807) is 36.3 Å². The minimum Gasteiger partial charge on any atom is -0.481 e. The molecule has 0 aliphatic carbocycles. The Morgan fingerprint density at radius 1 is 1.11 bits per heavy atom. The highest BCUT2D eigenvalue weighted by atomic mass is 32.1. The summed E-state index contributed by atoms with van der Waals surface area (Å²) in [5.41, 5.74) is 4.06. The lowest BCUT2D eigenvalue weighted by molar-refractivity contribution is -0.119. The van der Waals surface area contributed by atoms with Crippen molar-refractivity contribution in [2.24, 2.45) is 7.05 Å². The number of methoxy groups -OCH3 is 2. The molecule has 4 rings (SSSR count). The molecule has 2 N–H and O–H groups in total. The molecule has 4 aromatic rings. The number of ether oxygens (including phenoxy) is 2. The summed E-state index contributed by atoms with van der Waals surface area (Å²) < 4.78 is 12.1. The number of rotatable bonds is 9. The van der Waals surface area contributed by atoms with Gasteiger partial charge in [-0.3, -0.25) is 9.59 Å². The van der Waals surface area contributed by atoms with E-state index in [0.717, 1.165) is 22.4 Å². The number of carbonyl (C=O) groups is 2. The number of hydrogen-bond acceptors (Lipinski definition) is 7. The van der Waals surface area contributed by atoms with Crippen LogP contribution < -0.4 is 15.4 Å². The monoisotopic (exact) mass is 491 g/mol. The Morgan fingerprint density at radius 2 is 1.91 bits per heavy atom. The summed E-state index contributed by atoms with van der Waals surface area (Å²) in [6, 6.07) is 12.5. The van der Waals surface area contributed by atoms with Crippen LogP contribution in [0, 0.1) is 0 Å². The van der Waals surface area contributed by atoms with Gasteiger partial charge in [-0.25, -0.2) is 9.97 Å². The van der Waals surface area contributed by atoms with E-state index in [1.165, 1.54) is 18.4 Å². The molecule has 3 heterocycles. The molecule has 0 saturated heterocycles. The molecule has 0 radical (unpaired) electrons. The van der Waals surface area contributed by atoms with Crippen LogP contribution >= 0.6 is 11.3 Å². The standard InChI is InChI=1S/C25H25N5O4S/c1-30-10-8-19(13-30)23(31)27-20(14-33-2)24(32)29-25-28-21(15-35-25)18-6-4-5-16(11-18)17-7-9-26-22(12-17)34-3/h4-13,15,20H,14H2,1-3H3,(H,27,31)(H,28,29,32)/t20-/m0/s1. The van der Waals surface area contributed by atoms with Crippen molar-refractivity contribution in [3.63, 3.8) is 0 Å². The molecule has 1 aromatic carbocycles. The summed E-state index contributed by atoms with van der Waals surface area (Å²) in [4.78, 5) is 34.1. The number of thiazole rings is 1. The summed E-state index contributed by atoms with van der Waals surface area (Å²) in [5, 5.41) is 7.80. The summed E-state index contributed by atoms with van der Waals surface area (Å²) in [6.07, 6.45) is 5.14. The van der Waals surface area contributed by atoms with Crippen LogP contribution in [0.1, 0.15) is 10.4 Å². The quantitative estimate of drug-likeness (QED) is 0.370. The van der Waals surface area contributed by atoms with Crippen LogP contribution in [0.5, 0.6) is 5.88 Å². The number of carbonyl (C=O) groups excluding carboxylic acids is 2. The average molecular weight is 492 g/mol. The van der Waals surface area contributed by atoms with Crippen LogP contribution in [-0.4, -0.2) is 53.2 Å². The molecule has 0 saturated carbocycles. The third-order valence-electron chi connectivity index (χ3n) is 5.22. The van der Waals surface area contributed by atoms with E-state index in [2.05, 4.69) is 20.6 Å². The predicted molar refractivity (Wildman–Crippen MR) is 135 cm³/mol. The third-order valence-corrected chi connectivity index (χ3v) is 5.98. The molecule has 0 fully saturated rings. The van der Waals surface area contributed by atoms with Crippen molar-refractivity contribution in [2.75, 3.05) is 26.1 Å². The highest BCUT2D eigenvalue weighted by Gasteiger charge is 2.23. The highest BCUT2D eigenvalue weighted by Crippen LogP contribution is 2.29. The molecule has 2 amide bonds. The summed E-state index contributed by atoms with van der Waals surface area (Å²) in [7, 11) is 4.87. The lowest BCUT2D eigenvalue weighted by Crippen LogP contribution is -2.46. The smallest absolute Gasteiger partial charge is 0.253 e. The summed E-state index contributed by atoms with van der Waals surface area (Å²) in [5.74, 6) is -0.224. The van der Waals surface area contributed by atoms with Crippen molar-refractivity contribution in [3.05, 3.63) is 72.0 Å². The second kappa shape index (κ2) is 10.9. The van der Waals surface area contributed by atoms with Gasteiger partial charge in [0.25, 0.3) is 11.8 Å². The number of pyridine rings is 1. The fourth-order valence-corrected chi connectivity index (χ4v) is 4.17. The zero-order valence-electron chi connectivity index (χ0n) is 19.5. The maximum Gasteiger partial charge on any atom is 0.253 e. The molecular formula is C25H25N5O4S. The molecular weight excluding hydrogens is 466 g/mol. The number of anilines is 1. The Kier molecular flexibility index (Phi) is 7.54. The van der Waals surface area contributed by atoms with Crippen LogP contribution in [0.15, 0.2) is 66.4 Å². The first kappa shape index (κ1) is 24.1. The molecule has 9 nitrogen and oxygen atoms in total. The van der Waals surface area contributed by atoms with Crippen molar-refractivity contribution >= 4 is 28.3 Å². The molecule has 0 aliphatic rings. The molecule has 0 aliphatic heterocycles. The van der Waals surface area contributed by atoms with Crippen LogP contribution in [0.3, 0.4) is 0 Å². The Bertz CT molecular complexity index is 1330. The van der Waals surface area contributed by atoms with Gasteiger partial charge in [0.1, 0.15) is 6.04 Å². The largest absolute Gasteiger partial charge is 0.481 e. The van der Waals surface area contributed by atoms with Gasteiger partial charge < -0.3 is 24.7 Å². The van der Waals surface area contributed by atoms with Crippen molar-refractivity contribution < 1.29 is 19.1 Å². The number of nitrogens with one attached hydrogen (secondary N) is 2. The van der Waals surface area contributed by atoms with Crippen molar-refractivity contribution in [3.8, 4) is 28.3 Å². The van der Waals surface area contributed by atoms with Crippen LogP contribution in [0.2, 0.25) is 0 Å². The van der Waals surface area contributed by atoms with E-state index in [4.69, 9.17) is 9.47 Å². The van der Waals surface area contributed by atoms with Gasteiger partial charge in [0.05, 0.1) is 25.0 Å². The lowest BCUT2D eigenvalue weighted by Gasteiger charge is -2.16. The summed E-state index contributed by atoms with van der Waals surface area (Å²) >= 11 is 1.30. The van der Waals surface area contributed by atoms with E-state index < -0.39 is 11.9 Å². The molecule has 3 aromatic heterocycles. The number of nitrogens with zero attached hydrogens (tertiary/aromatic N) is 3. The normalized spacial score (nSPS) is 11.6. The number of hydrogen-bond donors (Lipinski definition) is 2. The fourth-order valence-electron chi connectivity index (χ4n) is 3.44. The van der Waals surface area contributed by atoms with Crippen molar-refractivity contribution in [2.45, 2.75) is 6.04 Å². The van der Waals surface area contributed by atoms with Crippen LogP contribution in [0.25, 0.3) is 22.4 Å². The maximum atomic E-state index is 12.9. The van der Waals surface area contributed by atoms with Gasteiger partial charge >= 0.3 is 0 Å². The van der Waals surface area contributed by atoms with E-state index in [1.807, 2.05) is 48.8 Å². The van der Waals surface area contributed by atoms with E-state index >= 15 is 0 Å². The number of benzene rings is 1. The molecule has 0 unspecified atom stereocenters. The van der Waals surface area contributed by atoms with Gasteiger partial charge in [-0.15, -0.1) is 11.3 Å². The van der Waals surface area contributed by atoms with E-state index in [0.29, 0.717) is 16.6 Å². The minimum absolute atomic E-state index is 0.0279. The van der Waals surface area contributed by atoms with Gasteiger partial charge in [-0.1, -0.05) is 18.2 Å². The van der Waals surface area contributed by atoms with Crippen molar-refractivity contribution in [1.29, 1.82) is 0 Å². The molecule has 1 atom stereocenters. The Morgan fingerprint density at radius 3 is 2.66 bits per heavy atom. The highest BCUT2D eigenvalue weighted by molar-refractivity contribution is 7.14. The molecule has 0 spiro atoms. The average Bonchev–Trinajstić information content (AvgIpc) is 3.53. The molecule has 180 valence electrons. The Labute approximate surface area is 206 Å².